The van der Waals surface area contributed by atoms with Gasteiger partial charge in [-0.1, -0.05) is 105 Å². The fourth-order valence-corrected chi connectivity index (χ4v) is 8.72. The van der Waals surface area contributed by atoms with Gasteiger partial charge in [-0.05, 0) is 96.3 Å². The van der Waals surface area contributed by atoms with E-state index in [9.17, 15) is 0 Å². The topological polar surface area (TPSA) is 21.3 Å². The second kappa shape index (κ2) is 10.5. The number of aromatic nitrogens is 1. The zero-order valence-electron chi connectivity index (χ0n) is 28.7. The maximum absolute atomic E-state index is 6.23. The predicted molar refractivity (Wildman–Crippen MR) is 210 cm³/mol. The van der Waals surface area contributed by atoms with Gasteiger partial charge >= 0.3 is 0 Å². The van der Waals surface area contributed by atoms with Gasteiger partial charge in [0.1, 0.15) is 11.2 Å². The van der Waals surface area contributed by atoms with Crippen LogP contribution in [0.3, 0.4) is 0 Å². The molecule has 7 aromatic carbocycles. The summed E-state index contributed by atoms with van der Waals surface area (Å²) in [6.45, 7) is 9.31. The molecular weight excluding hydrogens is 609 g/mol. The van der Waals surface area contributed by atoms with Gasteiger partial charge in [-0.15, -0.1) is 0 Å². The van der Waals surface area contributed by atoms with E-state index in [4.69, 9.17) is 4.42 Å². The highest BCUT2D eigenvalue weighted by Crippen LogP contribution is 2.58. The Morgan fingerprint density at radius 3 is 2.10 bits per heavy atom. The lowest BCUT2D eigenvalue weighted by molar-refractivity contribution is 0.638. The molecule has 10 rings (SSSR count). The van der Waals surface area contributed by atoms with Crippen LogP contribution >= 0.6 is 0 Å². The van der Waals surface area contributed by atoms with Crippen LogP contribution in [-0.4, -0.2) is 4.57 Å². The van der Waals surface area contributed by atoms with Crippen molar-refractivity contribution in [3.05, 3.63) is 168 Å². The molecule has 0 radical (unpaired) electrons. The maximum Gasteiger partial charge on any atom is 0.135 e. The van der Waals surface area contributed by atoms with Crippen LogP contribution in [0.25, 0.3) is 60.6 Å². The van der Waals surface area contributed by atoms with Crippen LogP contribution in [0.5, 0.6) is 0 Å². The van der Waals surface area contributed by atoms with Crippen molar-refractivity contribution in [3.63, 3.8) is 0 Å². The van der Waals surface area contributed by atoms with E-state index in [0.29, 0.717) is 0 Å². The molecule has 0 spiro atoms. The van der Waals surface area contributed by atoms with Gasteiger partial charge in [0.15, 0.2) is 0 Å². The maximum atomic E-state index is 6.23. The Labute approximate surface area is 291 Å². The summed E-state index contributed by atoms with van der Waals surface area (Å²) in [7, 11) is 0. The summed E-state index contributed by atoms with van der Waals surface area (Å²) in [5.41, 5.74) is 16.5. The van der Waals surface area contributed by atoms with Crippen molar-refractivity contribution >= 4 is 60.8 Å². The molecule has 0 unspecified atom stereocenters. The minimum Gasteiger partial charge on any atom is -0.456 e. The quantitative estimate of drug-likeness (QED) is 0.191. The summed E-state index contributed by atoms with van der Waals surface area (Å²) < 4.78 is 8.67. The molecule has 0 saturated carbocycles. The van der Waals surface area contributed by atoms with Crippen LogP contribution in [-0.2, 0) is 5.41 Å². The molecular formula is C47H36N2O. The molecule has 3 nitrogen and oxygen atoms in total. The molecule has 3 heterocycles. The van der Waals surface area contributed by atoms with Gasteiger partial charge in [-0.25, -0.2) is 0 Å². The molecule has 0 amide bonds. The zero-order valence-corrected chi connectivity index (χ0v) is 28.7. The third-order valence-electron chi connectivity index (χ3n) is 11.0. The van der Waals surface area contributed by atoms with Gasteiger partial charge in [0.25, 0.3) is 0 Å². The molecule has 240 valence electrons. The van der Waals surface area contributed by atoms with Gasteiger partial charge in [0.05, 0.1) is 22.4 Å². The van der Waals surface area contributed by atoms with Gasteiger partial charge in [-0.2, -0.15) is 0 Å². The van der Waals surface area contributed by atoms with Crippen LogP contribution in [0.1, 0.15) is 36.1 Å². The number of aryl methyl sites for hydroxylation is 2. The number of furan rings is 1. The van der Waals surface area contributed by atoms with E-state index in [1.54, 1.807) is 0 Å². The number of rotatable bonds is 3. The zero-order chi connectivity index (χ0) is 33.7. The number of anilines is 3. The van der Waals surface area contributed by atoms with Gasteiger partial charge < -0.3 is 13.9 Å². The number of nitrogens with zero attached hydrogens (tertiary/aromatic N) is 2. The Balaban J connectivity index is 1.32. The van der Waals surface area contributed by atoms with Crippen molar-refractivity contribution < 1.29 is 4.42 Å². The largest absolute Gasteiger partial charge is 0.456 e. The van der Waals surface area contributed by atoms with E-state index < -0.39 is 0 Å². The molecule has 0 bridgehead atoms. The average molecular weight is 645 g/mol. The summed E-state index contributed by atoms with van der Waals surface area (Å²) in [6.07, 6.45) is 0. The standard InChI is InChI=1S/C47H36N2O/c1-29-14-8-9-17-33(29)43-30(2)22-24-37-46(43)49(31-15-6-5-7-16-31)40-26-25-39-44(45(40)47(37,3)4)35-19-10-12-20-38(35)48(39)32-23-27-42-36(28-32)34-18-11-13-21-41(34)50-42/h5-28H,1-4H3. The Hall–Kier alpha value is -6.06. The Bertz CT molecular complexity index is 2820. The van der Waals surface area contributed by atoms with Crippen LogP contribution in [0.4, 0.5) is 17.1 Å². The monoisotopic (exact) mass is 644 g/mol. The Kier molecular flexibility index (Phi) is 6.05. The molecule has 0 atom stereocenters. The highest BCUT2D eigenvalue weighted by molar-refractivity contribution is 6.15. The molecule has 2 aromatic heterocycles. The third-order valence-corrected chi connectivity index (χ3v) is 11.0. The number of fused-ring (bicyclic) bond motifs is 9. The molecule has 1 aliphatic rings. The molecule has 0 N–H and O–H groups in total. The van der Waals surface area contributed by atoms with E-state index in [2.05, 4.69) is 171 Å². The predicted octanol–water partition coefficient (Wildman–Crippen LogP) is 13.1. The first-order valence-corrected chi connectivity index (χ1v) is 17.5. The number of para-hydroxylation sites is 3. The summed E-state index contributed by atoms with van der Waals surface area (Å²) in [6, 6.07) is 52.9. The molecule has 1 aliphatic heterocycles. The molecule has 0 aliphatic carbocycles. The summed E-state index contributed by atoms with van der Waals surface area (Å²) >= 11 is 0. The number of hydrogen-bond donors (Lipinski definition) is 0. The summed E-state index contributed by atoms with van der Waals surface area (Å²) in [5.74, 6) is 0. The van der Waals surface area contributed by atoms with Crippen LogP contribution in [0.15, 0.2) is 150 Å². The Morgan fingerprint density at radius 2 is 1.26 bits per heavy atom. The normalized spacial score (nSPS) is 13.7. The smallest absolute Gasteiger partial charge is 0.135 e. The fourth-order valence-electron chi connectivity index (χ4n) is 8.72. The molecule has 0 saturated heterocycles. The van der Waals surface area contributed by atoms with Crippen molar-refractivity contribution in [3.8, 4) is 16.8 Å². The first kappa shape index (κ1) is 28.9. The summed E-state index contributed by atoms with van der Waals surface area (Å²) in [4.78, 5) is 2.53. The van der Waals surface area contributed by atoms with Crippen LogP contribution < -0.4 is 4.90 Å². The van der Waals surface area contributed by atoms with Crippen molar-refractivity contribution in [2.24, 2.45) is 0 Å². The first-order chi connectivity index (χ1) is 24.4. The lowest BCUT2D eigenvalue weighted by Crippen LogP contribution is -2.31. The molecule has 9 aromatic rings. The van der Waals surface area contributed by atoms with E-state index in [-0.39, 0.29) is 5.41 Å². The number of benzene rings is 7. The van der Waals surface area contributed by atoms with Gasteiger partial charge in [-0.3, -0.25) is 0 Å². The van der Waals surface area contributed by atoms with Gasteiger partial charge in [0.2, 0.25) is 0 Å². The van der Waals surface area contributed by atoms with E-state index >= 15 is 0 Å². The van der Waals surface area contributed by atoms with E-state index in [1.807, 2.05) is 12.1 Å². The molecule has 0 fully saturated rings. The van der Waals surface area contributed by atoms with E-state index in [1.165, 1.54) is 66.6 Å². The fraction of sp³-hybridized carbons (Fsp3) is 0.106. The Morgan fingerprint density at radius 1 is 0.540 bits per heavy atom. The van der Waals surface area contributed by atoms with Crippen LogP contribution in [0.2, 0.25) is 0 Å². The lowest BCUT2D eigenvalue weighted by atomic mass is 9.70. The SMILES string of the molecule is Cc1ccccc1-c1c(C)ccc2c1N(c1ccccc1)c1ccc3c(c1C2(C)C)c1ccccc1n3-c1ccc2oc3ccccc3c2c1. The summed E-state index contributed by atoms with van der Waals surface area (Å²) in [5, 5.41) is 4.82. The van der Waals surface area contributed by atoms with Crippen LogP contribution in [0, 0.1) is 13.8 Å². The minimum absolute atomic E-state index is 0.305. The van der Waals surface area contributed by atoms with Crippen molar-refractivity contribution in [2.45, 2.75) is 33.1 Å². The molecule has 3 heteroatoms. The first-order valence-electron chi connectivity index (χ1n) is 17.5. The lowest BCUT2D eigenvalue weighted by Gasteiger charge is -2.44. The third kappa shape index (κ3) is 3.92. The second-order valence-corrected chi connectivity index (χ2v) is 14.2. The van der Waals surface area contributed by atoms with E-state index in [0.717, 1.165) is 33.3 Å². The molecule has 50 heavy (non-hydrogen) atoms. The second-order valence-electron chi connectivity index (χ2n) is 14.2. The van der Waals surface area contributed by atoms with Crippen molar-refractivity contribution in [1.29, 1.82) is 0 Å². The van der Waals surface area contributed by atoms with Gasteiger partial charge in [0, 0.05) is 43.9 Å². The average Bonchev–Trinajstić information content (AvgIpc) is 3.68. The highest BCUT2D eigenvalue weighted by atomic mass is 16.3. The number of hydrogen-bond acceptors (Lipinski definition) is 2. The van der Waals surface area contributed by atoms with Crippen molar-refractivity contribution in [2.75, 3.05) is 4.90 Å². The van der Waals surface area contributed by atoms with Crippen molar-refractivity contribution in [1.82, 2.24) is 4.57 Å². The highest BCUT2D eigenvalue weighted by Gasteiger charge is 2.41. The minimum atomic E-state index is -0.305.